The van der Waals surface area contributed by atoms with Crippen LogP contribution in [0.2, 0.25) is 0 Å². The Morgan fingerprint density at radius 1 is 0.500 bits per heavy atom. The van der Waals surface area contributed by atoms with Gasteiger partial charge in [-0.05, 0) is 42.5 Å². The van der Waals surface area contributed by atoms with Gasteiger partial charge in [-0.2, -0.15) is 0 Å². The summed E-state index contributed by atoms with van der Waals surface area (Å²) in [5.41, 5.74) is 4.58. The van der Waals surface area contributed by atoms with Crippen LogP contribution in [-0.4, -0.2) is 0 Å². The summed E-state index contributed by atoms with van der Waals surface area (Å²) in [6.45, 7) is 0. The Hall–Kier alpha value is -2.69. The van der Waals surface area contributed by atoms with Crippen molar-refractivity contribution in [2.75, 3.05) is 0 Å². The maximum atomic E-state index is 3.53. The van der Waals surface area contributed by atoms with Gasteiger partial charge in [-0.25, -0.2) is 0 Å². The predicted molar refractivity (Wildman–Crippen MR) is 84.2 cm³/mol. The van der Waals surface area contributed by atoms with Gasteiger partial charge in [-0.15, -0.1) is 0 Å². The second-order valence-corrected chi connectivity index (χ2v) is 4.60. The SMILES string of the molecule is [C+](=C(c1ccccc1)c1ccccc1)c1ccccc1. The molecule has 0 bridgehead atoms. The molecule has 0 fully saturated rings. The van der Waals surface area contributed by atoms with Gasteiger partial charge in [-0.3, -0.25) is 0 Å². The third-order valence-corrected chi connectivity index (χ3v) is 3.17. The van der Waals surface area contributed by atoms with Crippen LogP contribution in [0, 0.1) is 6.08 Å². The summed E-state index contributed by atoms with van der Waals surface area (Å²) >= 11 is 0. The molecule has 3 rings (SSSR count). The molecular formula is C20H15+. The summed E-state index contributed by atoms with van der Waals surface area (Å²) < 4.78 is 0. The van der Waals surface area contributed by atoms with Crippen molar-refractivity contribution in [3.05, 3.63) is 114 Å². The fraction of sp³-hybridized carbons (Fsp3) is 0. The summed E-state index contributed by atoms with van der Waals surface area (Å²) in [7, 11) is 0. The molecule has 0 saturated carbocycles. The van der Waals surface area contributed by atoms with Crippen LogP contribution in [0.4, 0.5) is 0 Å². The van der Waals surface area contributed by atoms with Crippen molar-refractivity contribution in [1.29, 1.82) is 0 Å². The molecule has 0 aliphatic rings. The fourth-order valence-corrected chi connectivity index (χ4v) is 2.19. The van der Waals surface area contributed by atoms with Gasteiger partial charge in [0.2, 0.25) is 0 Å². The monoisotopic (exact) mass is 255 g/mol. The Morgan fingerprint density at radius 3 is 1.35 bits per heavy atom. The van der Waals surface area contributed by atoms with E-state index in [4.69, 9.17) is 0 Å². The van der Waals surface area contributed by atoms with Crippen LogP contribution in [0.15, 0.2) is 91.0 Å². The number of hydrogen-bond acceptors (Lipinski definition) is 0. The molecule has 0 saturated heterocycles. The van der Waals surface area contributed by atoms with Gasteiger partial charge in [0.1, 0.15) is 11.1 Å². The first-order valence-electron chi connectivity index (χ1n) is 6.73. The predicted octanol–water partition coefficient (Wildman–Crippen LogP) is 4.97. The van der Waals surface area contributed by atoms with Gasteiger partial charge in [-0.1, -0.05) is 36.4 Å². The summed E-state index contributed by atoms with van der Waals surface area (Å²) in [6, 6.07) is 31.1. The molecule has 0 amide bonds. The molecular weight excluding hydrogens is 240 g/mol. The van der Waals surface area contributed by atoms with Gasteiger partial charge in [0.15, 0.2) is 0 Å². The topological polar surface area (TPSA) is 0 Å². The van der Waals surface area contributed by atoms with Crippen molar-refractivity contribution < 1.29 is 0 Å². The number of rotatable bonds is 3. The number of benzene rings is 3. The van der Waals surface area contributed by atoms with Crippen molar-refractivity contribution >= 4 is 5.57 Å². The molecule has 0 nitrogen and oxygen atoms in total. The van der Waals surface area contributed by atoms with Gasteiger partial charge in [0, 0.05) is 18.2 Å². The van der Waals surface area contributed by atoms with Crippen molar-refractivity contribution in [2.45, 2.75) is 0 Å². The standard InChI is InChI=1S/C20H15/c1-4-10-17(11-5-1)16-20(18-12-6-2-7-13-18)19-14-8-3-9-15-19/h1-15H/q+1. The lowest BCUT2D eigenvalue weighted by molar-refractivity contribution is 1.50. The van der Waals surface area contributed by atoms with Crippen LogP contribution >= 0.6 is 0 Å². The molecule has 0 heteroatoms. The highest BCUT2D eigenvalue weighted by Gasteiger charge is 2.12. The lowest BCUT2D eigenvalue weighted by Gasteiger charge is -2.01. The molecule has 3 aromatic rings. The van der Waals surface area contributed by atoms with E-state index in [9.17, 15) is 0 Å². The van der Waals surface area contributed by atoms with E-state index in [1.54, 1.807) is 0 Å². The van der Waals surface area contributed by atoms with Crippen molar-refractivity contribution in [3.8, 4) is 0 Å². The lowest BCUT2D eigenvalue weighted by atomic mass is 9.96. The minimum absolute atomic E-state index is 1.09. The summed E-state index contributed by atoms with van der Waals surface area (Å²) in [4.78, 5) is 0. The first kappa shape index (κ1) is 12.3. The molecule has 0 N–H and O–H groups in total. The first-order valence-corrected chi connectivity index (χ1v) is 6.73. The average molecular weight is 255 g/mol. The molecule has 0 spiro atoms. The smallest absolute Gasteiger partial charge is 0.0609 e. The van der Waals surface area contributed by atoms with Gasteiger partial charge >= 0.3 is 0 Å². The third-order valence-electron chi connectivity index (χ3n) is 3.17. The Morgan fingerprint density at radius 2 is 0.900 bits per heavy atom. The highest BCUT2D eigenvalue weighted by molar-refractivity contribution is 5.79. The van der Waals surface area contributed by atoms with Crippen molar-refractivity contribution in [3.63, 3.8) is 0 Å². The van der Waals surface area contributed by atoms with E-state index in [0.717, 1.165) is 11.1 Å². The van der Waals surface area contributed by atoms with Gasteiger partial charge < -0.3 is 0 Å². The van der Waals surface area contributed by atoms with Gasteiger partial charge in [0.05, 0.1) is 11.1 Å². The van der Waals surface area contributed by atoms with Gasteiger partial charge in [0.25, 0.3) is 0 Å². The molecule has 0 atom stereocenters. The van der Waals surface area contributed by atoms with E-state index in [0.29, 0.717) is 0 Å². The molecule has 0 unspecified atom stereocenters. The zero-order valence-corrected chi connectivity index (χ0v) is 11.2. The zero-order valence-electron chi connectivity index (χ0n) is 11.2. The zero-order chi connectivity index (χ0) is 13.6. The van der Waals surface area contributed by atoms with Crippen LogP contribution in [-0.2, 0) is 0 Å². The largest absolute Gasteiger partial charge is 0.137 e. The minimum atomic E-state index is 1.09. The van der Waals surface area contributed by atoms with E-state index < -0.39 is 0 Å². The van der Waals surface area contributed by atoms with Crippen molar-refractivity contribution in [1.82, 2.24) is 0 Å². The lowest BCUT2D eigenvalue weighted by Crippen LogP contribution is -1.89. The summed E-state index contributed by atoms with van der Waals surface area (Å²) in [5, 5.41) is 0. The Kier molecular flexibility index (Phi) is 3.68. The van der Waals surface area contributed by atoms with E-state index in [1.807, 2.05) is 30.3 Å². The van der Waals surface area contributed by atoms with Crippen LogP contribution in [0.5, 0.6) is 0 Å². The third kappa shape index (κ3) is 2.83. The second kappa shape index (κ2) is 5.97. The normalized spacial score (nSPS) is 9.80. The molecule has 0 aliphatic heterocycles. The number of hydrogen-bond donors (Lipinski definition) is 0. The highest BCUT2D eigenvalue weighted by atomic mass is 14.1. The van der Waals surface area contributed by atoms with Crippen LogP contribution < -0.4 is 0 Å². The Balaban J connectivity index is 2.12. The first-order chi connectivity index (χ1) is 9.93. The molecule has 3 aromatic carbocycles. The van der Waals surface area contributed by atoms with E-state index in [1.165, 1.54) is 11.1 Å². The molecule has 0 aromatic heterocycles. The second-order valence-electron chi connectivity index (χ2n) is 4.60. The van der Waals surface area contributed by atoms with Crippen LogP contribution in [0.3, 0.4) is 0 Å². The fourth-order valence-electron chi connectivity index (χ4n) is 2.19. The highest BCUT2D eigenvalue weighted by Crippen LogP contribution is 2.24. The van der Waals surface area contributed by atoms with E-state index >= 15 is 0 Å². The molecule has 94 valence electrons. The van der Waals surface area contributed by atoms with Crippen LogP contribution in [0.1, 0.15) is 16.7 Å². The Labute approximate surface area is 120 Å². The molecule has 0 aliphatic carbocycles. The summed E-state index contributed by atoms with van der Waals surface area (Å²) in [6.07, 6.45) is 3.53. The summed E-state index contributed by atoms with van der Waals surface area (Å²) in [5.74, 6) is 0. The van der Waals surface area contributed by atoms with E-state index in [-0.39, 0.29) is 0 Å². The molecule has 0 radical (unpaired) electrons. The maximum absolute atomic E-state index is 3.53. The van der Waals surface area contributed by atoms with Crippen molar-refractivity contribution in [2.24, 2.45) is 0 Å². The Bertz CT molecular complexity index is 638. The quantitative estimate of drug-likeness (QED) is 0.458. The maximum Gasteiger partial charge on any atom is 0.137 e. The van der Waals surface area contributed by atoms with E-state index in [2.05, 4.69) is 66.7 Å². The molecule has 0 heterocycles. The minimum Gasteiger partial charge on any atom is -0.0609 e. The molecule has 20 heavy (non-hydrogen) atoms. The van der Waals surface area contributed by atoms with Crippen LogP contribution in [0.25, 0.3) is 5.57 Å². The average Bonchev–Trinajstić information content (AvgIpc) is 2.55.